The lowest BCUT2D eigenvalue weighted by molar-refractivity contribution is -0.141. The summed E-state index contributed by atoms with van der Waals surface area (Å²) in [4.78, 5) is 28.7. The third-order valence-corrected chi connectivity index (χ3v) is 5.86. The number of halogens is 1. The molecule has 3 aromatic rings. The standard InChI is InChI=1S/C28H31ClN2O3/c1-3-4-18-30-28(33)27(23-8-6-5-7-9-23)31(20-22-12-16-25(34-2)17-13-22)26(32)19-21-10-14-24(29)15-11-21/h5-17,27H,3-4,18-20H2,1-2H3,(H,30,33)/t27-/m0/s1. The smallest absolute Gasteiger partial charge is 0.247 e. The van der Waals surface area contributed by atoms with Crippen molar-refractivity contribution in [2.45, 2.75) is 38.8 Å². The Labute approximate surface area is 206 Å². The molecule has 2 amide bonds. The summed E-state index contributed by atoms with van der Waals surface area (Å²) in [6.45, 7) is 2.93. The minimum absolute atomic E-state index is 0.141. The van der Waals surface area contributed by atoms with Gasteiger partial charge in [0.05, 0.1) is 13.5 Å². The molecule has 0 heterocycles. The molecule has 1 atom stereocenters. The number of unbranched alkanes of at least 4 members (excludes halogenated alkanes) is 1. The van der Waals surface area contributed by atoms with E-state index in [0.717, 1.165) is 35.3 Å². The SMILES string of the molecule is CCCCNC(=O)[C@H](c1ccccc1)N(Cc1ccc(OC)cc1)C(=O)Cc1ccc(Cl)cc1. The van der Waals surface area contributed by atoms with Gasteiger partial charge in [-0.25, -0.2) is 0 Å². The summed E-state index contributed by atoms with van der Waals surface area (Å²) in [6.07, 6.45) is 2.02. The summed E-state index contributed by atoms with van der Waals surface area (Å²) in [7, 11) is 1.61. The highest BCUT2D eigenvalue weighted by molar-refractivity contribution is 6.30. The van der Waals surface area contributed by atoms with Crippen molar-refractivity contribution >= 4 is 23.4 Å². The number of hydrogen-bond donors (Lipinski definition) is 1. The summed E-state index contributed by atoms with van der Waals surface area (Å²) in [6, 6.07) is 23.5. The van der Waals surface area contributed by atoms with Gasteiger partial charge in [-0.15, -0.1) is 0 Å². The zero-order valence-corrected chi connectivity index (χ0v) is 20.4. The average Bonchev–Trinajstić information content (AvgIpc) is 2.86. The average molecular weight is 479 g/mol. The number of methoxy groups -OCH3 is 1. The third kappa shape index (κ3) is 7.09. The molecule has 178 valence electrons. The van der Waals surface area contributed by atoms with E-state index in [0.29, 0.717) is 11.6 Å². The number of benzene rings is 3. The van der Waals surface area contributed by atoms with Crippen molar-refractivity contribution in [2.24, 2.45) is 0 Å². The first-order chi connectivity index (χ1) is 16.5. The van der Waals surface area contributed by atoms with Gasteiger partial charge in [0.1, 0.15) is 11.8 Å². The minimum atomic E-state index is -0.750. The zero-order chi connectivity index (χ0) is 24.3. The van der Waals surface area contributed by atoms with Crippen LogP contribution in [0.3, 0.4) is 0 Å². The maximum absolute atomic E-state index is 13.7. The molecule has 0 bridgehead atoms. The molecule has 0 aliphatic carbocycles. The van der Waals surface area contributed by atoms with Gasteiger partial charge in [-0.05, 0) is 47.4 Å². The fourth-order valence-electron chi connectivity index (χ4n) is 3.72. The molecule has 6 heteroatoms. The summed E-state index contributed by atoms with van der Waals surface area (Å²) in [5, 5.41) is 3.64. The van der Waals surface area contributed by atoms with Crippen LogP contribution in [0, 0.1) is 0 Å². The summed E-state index contributed by atoms with van der Waals surface area (Å²) >= 11 is 6.02. The van der Waals surface area contributed by atoms with E-state index >= 15 is 0 Å². The molecule has 0 saturated carbocycles. The quantitative estimate of drug-likeness (QED) is 0.366. The minimum Gasteiger partial charge on any atom is -0.497 e. The third-order valence-electron chi connectivity index (χ3n) is 5.61. The Kier molecular flexibility index (Phi) is 9.53. The highest BCUT2D eigenvalue weighted by Gasteiger charge is 2.31. The van der Waals surface area contributed by atoms with Gasteiger partial charge in [-0.3, -0.25) is 9.59 Å². The van der Waals surface area contributed by atoms with Crippen LogP contribution in [-0.4, -0.2) is 30.4 Å². The molecule has 0 radical (unpaired) electrons. The maximum Gasteiger partial charge on any atom is 0.247 e. The first kappa shape index (κ1) is 25.3. The Morgan fingerprint density at radius 3 is 2.21 bits per heavy atom. The summed E-state index contributed by atoms with van der Waals surface area (Å²) < 4.78 is 5.26. The Balaban J connectivity index is 1.96. The fraction of sp³-hybridized carbons (Fsp3) is 0.286. The predicted molar refractivity (Wildman–Crippen MR) is 136 cm³/mol. The van der Waals surface area contributed by atoms with Gasteiger partial charge in [0.15, 0.2) is 0 Å². The molecule has 0 unspecified atom stereocenters. The fourth-order valence-corrected chi connectivity index (χ4v) is 3.85. The normalized spacial score (nSPS) is 11.5. The number of nitrogens with one attached hydrogen (secondary N) is 1. The molecule has 0 aromatic heterocycles. The van der Waals surface area contributed by atoms with E-state index in [1.54, 1.807) is 24.1 Å². The first-order valence-electron chi connectivity index (χ1n) is 11.5. The molecule has 3 rings (SSSR count). The van der Waals surface area contributed by atoms with Crippen LogP contribution in [0.4, 0.5) is 0 Å². The molecule has 0 spiro atoms. The second kappa shape index (κ2) is 12.8. The molecular formula is C28H31ClN2O3. The predicted octanol–water partition coefficient (Wildman–Crippen LogP) is 5.58. The van der Waals surface area contributed by atoms with Crippen LogP contribution in [0.5, 0.6) is 5.75 Å². The Bertz CT molecular complexity index is 1050. The van der Waals surface area contributed by atoms with Crippen LogP contribution in [0.1, 0.15) is 42.5 Å². The number of ether oxygens (including phenoxy) is 1. The van der Waals surface area contributed by atoms with E-state index in [2.05, 4.69) is 12.2 Å². The lowest BCUT2D eigenvalue weighted by Gasteiger charge is -2.32. The van der Waals surface area contributed by atoms with Crippen LogP contribution >= 0.6 is 11.6 Å². The van der Waals surface area contributed by atoms with Gasteiger partial charge >= 0.3 is 0 Å². The van der Waals surface area contributed by atoms with E-state index in [1.165, 1.54) is 0 Å². The van der Waals surface area contributed by atoms with Crippen molar-refractivity contribution < 1.29 is 14.3 Å². The number of amides is 2. The van der Waals surface area contributed by atoms with Gasteiger partial charge in [-0.2, -0.15) is 0 Å². The Hall–Kier alpha value is -3.31. The van der Waals surface area contributed by atoms with E-state index in [1.807, 2.05) is 66.7 Å². The van der Waals surface area contributed by atoms with Crippen molar-refractivity contribution in [1.29, 1.82) is 0 Å². The second-order valence-electron chi connectivity index (χ2n) is 8.13. The number of nitrogens with zero attached hydrogens (tertiary/aromatic N) is 1. The molecule has 0 saturated heterocycles. The van der Waals surface area contributed by atoms with Crippen molar-refractivity contribution in [1.82, 2.24) is 10.2 Å². The summed E-state index contributed by atoms with van der Waals surface area (Å²) in [5.74, 6) is 0.412. The van der Waals surface area contributed by atoms with E-state index in [4.69, 9.17) is 16.3 Å². The van der Waals surface area contributed by atoms with Gasteiger partial charge in [0.25, 0.3) is 0 Å². The molecule has 5 nitrogen and oxygen atoms in total. The number of carbonyl (C=O) groups excluding carboxylic acids is 2. The van der Waals surface area contributed by atoms with E-state index in [-0.39, 0.29) is 24.8 Å². The Morgan fingerprint density at radius 1 is 0.941 bits per heavy atom. The number of rotatable bonds is 11. The molecule has 0 aliphatic heterocycles. The first-order valence-corrected chi connectivity index (χ1v) is 11.9. The number of carbonyl (C=O) groups is 2. The van der Waals surface area contributed by atoms with Gasteiger partial charge in [0, 0.05) is 18.1 Å². The zero-order valence-electron chi connectivity index (χ0n) is 19.7. The maximum atomic E-state index is 13.7. The Morgan fingerprint density at radius 2 is 1.59 bits per heavy atom. The second-order valence-corrected chi connectivity index (χ2v) is 8.57. The lowest BCUT2D eigenvalue weighted by Crippen LogP contribution is -2.44. The van der Waals surface area contributed by atoms with Crippen LogP contribution in [0.2, 0.25) is 5.02 Å². The monoisotopic (exact) mass is 478 g/mol. The van der Waals surface area contributed by atoms with Crippen LogP contribution in [0.15, 0.2) is 78.9 Å². The van der Waals surface area contributed by atoms with E-state index < -0.39 is 6.04 Å². The van der Waals surface area contributed by atoms with E-state index in [9.17, 15) is 9.59 Å². The molecule has 34 heavy (non-hydrogen) atoms. The number of hydrogen-bond acceptors (Lipinski definition) is 3. The lowest BCUT2D eigenvalue weighted by atomic mass is 10.0. The summed E-state index contributed by atoms with van der Waals surface area (Å²) in [5.41, 5.74) is 2.52. The molecule has 1 N–H and O–H groups in total. The highest BCUT2D eigenvalue weighted by Crippen LogP contribution is 2.26. The van der Waals surface area contributed by atoms with Gasteiger partial charge in [0.2, 0.25) is 11.8 Å². The molecule has 0 aliphatic rings. The molecule has 3 aromatic carbocycles. The van der Waals surface area contributed by atoms with Crippen LogP contribution in [-0.2, 0) is 22.6 Å². The molecule has 0 fully saturated rings. The van der Waals surface area contributed by atoms with Crippen LogP contribution < -0.4 is 10.1 Å². The van der Waals surface area contributed by atoms with Crippen molar-refractivity contribution in [2.75, 3.05) is 13.7 Å². The van der Waals surface area contributed by atoms with Crippen LogP contribution in [0.25, 0.3) is 0 Å². The van der Waals surface area contributed by atoms with Crippen molar-refractivity contribution in [3.63, 3.8) is 0 Å². The largest absolute Gasteiger partial charge is 0.497 e. The van der Waals surface area contributed by atoms with Gasteiger partial charge < -0.3 is 15.0 Å². The topological polar surface area (TPSA) is 58.6 Å². The van der Waals surface area contributed by atoms with Crippen molar-refractivity contribution in [3.8, 4) is 5.75 Å². The molecular weight excluding hydrogens is 448 g/mol. The highest BCUT2D eigenvalue weighted by atomic mass is 35.5. The van der Waals surface area contributed by atoms with Gasteiger partial charge in [-0.1, -0.05) is 79.5 Å². The van der Waals surface area contributed by atoms with Crippen molar-refractivity contribution in [3.05, 3.63) is 101 Å².